The molecule has 1 heteroatoms. The molecule has 3 aliphatic carbocycles. The molecule has 0 aromatic carbocycles. The Morgan fingerprint density at radius 2 is 2.18 bits per heavy atom. The van der Waals surface area contributed by atoms with Gasteiger partial charge in [0, 0.05) is 11.8 Å². The Hall–Kier alpha value is -0.590. The summed E-state index contributed by atoms with van der Waals surface area (Å²) in [5.41, 5.74) is 1.43. The first-order valence-corrected chi connectivity index (χ1v) is 4.25. The fourth-order valence-electron chi connectivity index (χ4n) is 2.42. The molecule has 3 rings (SSSR count). The zero-order chi connectivity index (χ0) is 8.22. The first-order chi connectivity index (χ1) is 5.02. The monoisotopic (exact) mass is 150 g/mol. The van der Waals surface area contributed by atoms with Gasteiger partial charge in [-0.05, 0) is 18.8 Å². The zero-order valence-electron chi connectivity index (χ0n) is 7.35. The number of fused-ring (bicyclic) bond motifs is 1. The number of carbonyl (C=O) groups is 1. The summed E-state index contributed by atoms with van der Waals surface area (Å²) in [6.45, 7) is 6.41. The van der Waals surface area contributed by atoms with Crippen LogP contribution in [-0.4, -0.2) is 5.78 Å². The lowest BCUT2D eigenvalue weighted by Crippen LogP contribution is -2.49. The van der Waals surface area contributed by atoms with Crippen LogP contribution in [0.1, 0.15) is 27.2 Å². The van der Waals surface area contributed by atoms with Crippen molar-refractivity contribution in [2.24, 2.45) is 17.3 Å². The highest BCUT2D eigenvalue weighted by molar-refractivity contribution is 5.93. The number of rotatable bonds is 0. The van der Waals surface area contributed by atoms with Gasteiger partial charge in [-0.15, -0.1) is 0 Å². The molecule has 0 aromatic heterocycles. The Labute approximate surface area is 67.5 Å². The minimum absolute atomic E-state index is 0.135. The van der Waals surface area contributed by atoms with Gasteiger partial charge in [-0.25, -0.2) is 0 Å². The van der Waals surface area contributed by atoms with E-state index in [4.69, 9.17) is 0 Å². The molecule has 0 amide bonds. The topological polar surface area (TPSA) is 17.1 Å². The number of hydrogen-bond acceptors (Lipinski definition) is 1. The molecule has 2 bridgehead atoms. The molecule has 60 valence electrons. The zero-order valence-corrected chi connectivity index (χ0v) is 7.35. The summed E-state index contributed by atoms with van der Waals surface area (Å²) in [5.74, 6) is 1.11. The molecule has 0 aromatic rings. The van der Waals surface area contributed by atoms with Gasteiger partial charge in [0.2, 0.25) is 0 Å². The first-order valence-electron chi connectivity index (χ1n) is 4.25. The van der Waals surface area contributed by atoms with Gasteiger partial charge in [-0.2, -0.15) is 0 Å². The summed E-state index contributed by atoms with van der Waals surface area (Å²) in [6, 6.07) is 0. The number of allylic oxidation sites excluding steroid dienone is 2. The molecule has 0 aliphatic heterocycles. The van der Waals surface area contributed by atoms with E-state index in [0.29, 0.717) is 17.6 Å². The smallest absolute Gasteiger partial charge is 0.143 e. The average Bonchev–Trinajstić information content (AvgIpc) is 1.80. The maximum absolute atomic E-state index is 11.4. The maximum atomic E-state index is 11.4. The number of ketones is 1. The molecule has 1 saturated carbocycles. The second-order valence-corrected chi connectivity index (χ2v) is 4.45. The molecule has 0 heterocycles. The van der Waals surface area contributed by atoms with E-state index in [2.05, 4.69) is 26.8 Å². The average molecular weight is 150 g/mol. The van der Waals surface area contributed by atoms with E-state index in [9.17, 15) is 4.79 Å². The second-order valence-electron chi connectivity index (χ2n) is 4.45. The highest BCUT2D eigenvalue weighted by atomic mass is 16.1. The highest BCUT2D eigenvalue weighted by Crippen LogP contribution is 2.51. The fraction of sp³-hybridized carbons (Fsp3) is 0.700. The van der Waals surface area contributed by atoms with Crippen molar-refractivity contribution in [2.45, 2.75) is 27.2 Å². The van der Waals surface area contributed by atoms with E-state index in [1.54, 1.807) is 0 Å². The van der Waals surface area contributed by atoms with Crippen molar-refractivity contribution in [1.82, 2.24) is 0 Å². The molecule has 2 atom stereocenters. The third kappa shape index (κ3) is 0.741. The van der Waals surface area contributed by atoms with Gasteiger partial charge in [0.1, 0.15) is 5.78 Å². The lowest BCUT2D eigenvalue weighted by Gasteiger charge is -2.48. The Kier molecular flexibility index (Phi) is 1.14. The van der Waals surface area contributed by atoms with Crippen LogP contribution in [0.25, 0.3) is 0 Å². The normalized spacial score (nSPS) is 39.5. The molecule has 0 saturated heterocycles. The predicted octanol–water partition coefficient (Wildman–Crippen LogP) is 2.18. The summed E-state index contributed by atoms with van der Waals surface area (Å²) >= 11 is 0. The fourth-order valence-corrected chi connectivity index (χ4v) is 2.42. The lowest BCUT2D eigenvalue weighted by molar-refractivity contribution is -0.139. The van der Waals surface area contributed by atoms with Crippen LogP contribution in [0, 0.1) is 17.3 Å². The SMILES string of the molecule is CC1=CC(C)(C)[C@H]2C[C@@H]1C2=O. The molecule has 0 radical (unpaired) electrons. The van der Waals surface area contributed by atoms with Crippen LogP contribution >= 0.6 is 0 Å². The number of hydrogen-bond donors (Lipinski definition) is 0. The van der Waals surface area contributed by atoms with Gasteiger partial charge in [-0.3, -0.25) is 4.79 Å². The van der Waals surface area contributed by atoms with Crippen LogP contribution in [0.5, 0.6) is 0 Å². The van der Waals surface area contributed by atoms with Crippen molar-refractivity contribution in [3.63, 3.8) is 0 Å². The molecule has 1 fully saturated rings. The molecule has 0 N–H and O–H groups in total. The van der Waals surface area contributed by atoms with Crippen LogP contribution in [0.3, 0.4) is 0 Å². The largest absolute Gasteiger partial charge is 0.299 e. The van der Waals surface area contributed by atoms with Crippen molar-refractivity contribution in [1.29, 1.82) is 0 Å². The van der Waals surface area contributed by atoms with E-state index in [1.807, 2.05) is 0 Å². The minimum Gasteiger partial charge on any atom is -0.299 e. The molecule has 0 spiro atoms. The van der Waals surface area contributed by atoms with E-state index in [1.165, 1.54) is 5.57 Å². The third-order valence-corrected chi connectivity index (χ3v) is 3.21. The van der Waals surface area contributed by atoms with Crippen LogP contribution < -0.4 is 0 Å². The van der Waals surface area contributed by atoms with Gasteiger partial charge in [0.15, 0.2) is 0 Å². The molecule has 0 unspecified atom stereocenters. The summed E-state index contributed by atoms with van der Waals surface area (Å²) in [7, 11) is 0. The van der Waals surface area contributed by atoms with Crippen LogP contribution in [0.2, 0.25) is 0 Å². The van der Waals surface area contributed by atoms with Gasteiger partial charge in [0.05, 0.1) is 0 Å². The van der Waals surface area contributed by atoms with Crippen molar-refractivity contribution < 1.29 is 4.79 Å². The summed E-state index contributed by atoms with van der Waals surface area (Å²) in [4.78, 5) is 11.4. The quantitative estimate of drug-likeness (QED) is 0.484. The Bertz CT molecular complexity index is 248. The van der Waals surface area contributed by atoms with E-state index < -0.39 is 0 Å². The Morgan fingerprint density at radius 3 is 2.55 bits per heavy atom. The van der Waals surface area contributed by atoms with Gasteiger partial charge < -0.3 is 0 Å². The Balaban J connectivity index is 2.43. The van der Waals surface area contributed by atoms with E-state index in [-0.39, 0.29) is 5.41 Å². The maximum Gasteiger partial charge on any atom is 0.143 e. The van der Waals surface area contributed by atoms with Crippen molar-refractivity contribution in [3.05, 3.63) is 11.6 Å². The molecule has 11 heavy (non-hydrogen) atoms. The number of carbonyl (C=O) groups excluding carboxylic acids is 1. The molecular weight excluding hydrogens is 136 g/mol. The molecule has 1 nitrogen and oxygen atoms in total. The van der Waals surface area contributed by atoms with Crippen molar-refractivity contribution in [3.8, 4) is 0 Å². The van der Waals surface area contributed by atoms with Crippen LogP contribution in [0.15, 0.2) is 11.6 Å². The number of Topliss-reactive ketones (excluding diaryl/α,β-unsaturated/α-hetero) is 1. The summed E-state index contributed by atoms with van der Waals surface area (Å²) < 4.78 is 0. The molecule has 3 aliphatic rings. The van der Waals surface area contributed by atoms with Crippen LogP contribution in [0.4, 0.5) is 0 Å². The first kappa shape index (κ1) is 7.08. The van der Waals surface area contributed by atoms with Gasteiger partial charge in [0.25, 0.3) is 0 Å². The third-order valence-electron chi connectivity index (χ3n) is 3.21. The lowest BCUT2D eigenvalue weighted by atomic mass is 9.54. The standard InChI is InChI=1S/C10H14O/c1-6-5-10(2,3)8-4-7(6)9(8)11/h5,7-8H,4H2,1-3H3/t7-,8-/m0/s1. The molecular formula is C10H14O. The second kappa shape index (κ2) is 1.77. The van der Waals surface area contributed by atoms with Gasteiger partial charge >= 0.3 is 0 Å². The van der Waals surface area contributed by atoms with Crippen molar-refractivity contribution in [2.75, 3.05) is 0 Å². The van der Waals surface area contributed by atoms with Gasteiger partial charge in [-0.1, -0.05) is 25.5 Å². The highest BCUT2D eigenvalue weighted by Gasteiger charge is 2.51. The Morgan fingerprint density at radius 1 is 1.55 bits per heavy atom. The summed E-state index contributed by atoms with van der Waals surface area (Å²) in [5, 5.41) is 0. The minimum atomic E-state index is 0.135. The van der Waals surface area contributed by atoms with Crippen molar-refractivity contribution >= 4 is 5.78 Å². The van der Waals surface area contributed by atoms with E-state index >= 15 is 0 Å². The predicted molar refractivity (Wildman–Crippen MR) is 44.1 cm³/mol. The van der Waals surface area contributed by atoms with E-state index in [0.717, 1.165) is 6.42 Å². The van der Waals surface area contributed by atoms with Crippen LogP contribution in [-0.2, 0) is 4.79 Å². The summed E-state index contributed by atoms with van der Waals surface area (Å²) in [6.07, 6.45) is 3.38.